The Morgan fingerprint density at radius 1 is 1.23 bits per heavy atom. The third-order valence-corrected chi connectivity index (χ3v) is 5.26. The maximum absolute atomic E-state index is 4.66. The number of hydrogen-bond donors (Lipinski definition) is 0. The summed E-state index contributed by atoms with van der Waals surface area (Å²) in [6.45, 7) is 2.12. The lowest BCUT2D eigenvalue weighted by Gasteiger charge is -2.17. The molecule has 1 aliphatic heterocycles. The van der Waals surface area contributed by atoms with Gasteiger partial charge in [-0.2, -0.15) is 16.9 Å². The highest BCUT2D eigenvalue weighted by Crippen LogP contribution is 2.33. The van der Waals surface area contributed by atoms with Crippen molar-refractivity contribution in [2.24, 2.45) is 0 Å². The lowest BCUT2D eigenvalue weighted by molar-refractivity contribution is 0.565. The third kappa shape index (κ3) is 2.35. The van der Waals surface area contributed by atoms with Crippen LogP contribution in [0.3, 0.4) is 0 Å². The molecule has 22 heavy (non-hydrogen) atoms. The number of thioether (sulfide) groups is 1. The first-order chi connectivity index (χ1) is 10.8. The molecule has 1 aromatic carbocycles. The van der Waals surface area contributed by atoms with Crippen molar-refractivity contribution in [2.45, 2.75) is 19.4 Å². The Balaban J connectivity index is 1.86. The quantitative estimate of drug-likeness (QED) is 0.739. The molecule has 4 rings (SSSR count). The van der Waals surface area contributed by atoms with Gasteiger partial charge in [-0.1, -0.05) is 11.6 Å². The fourth-order valence-corrected chi connectivity index (χ4v) is 4.20. The number of aromatic nitrogens is 4. The first-order valence-electron chi connectivity index (χ1n) is 7.54. The van der Waals surface area contributed by atoms with Crippen LogP contribution in [0.25, 0.3) is 17.1 Å². The van der Waals surface area contributed by atoms with Crippen molar-refractivity contribution in [1.29, 1.82) is 0 Å². The molecule has 2 aromatic heterocycles. The number of benzene rings is 1. The molecular formula is C17H18N4S. The molecule has 3 heterocycles. The van der Waals surface area contributed by atoms with E-state index < -0.39 is 0 Å². The summed E-state index contributed by atoms with van der Waals surface area (Å²) in [5, 5.41) is 4.39. The van der Waals surface area contributed by atoms with Crippen LogP contribution in [0, 0.1) is 6.92 Å². The Morgan fingerprint density at radius 2 is 2.18 bits per heavy atom. The normalized spacial score (nSPS) is 18.0. The summed E-state index contributed by atoms with van der Waals surface area (Å²) in [4.78, 5) is 4.66. The second-order valence-electron chi connectivity index (χ2n) is 5.65. The van der Waals surface area contributed by atoms with E-state index in [1.165, 1.54) is 23.5 Å². The second-order valence-corrected chi connectivity index (χ2v) is 6.80. The van der Waals surface area contributed by atoms with Crippen LogP contribution in [0.1, 0.15) is 18.0 Å². The predicted molar refractivity (Wildman–Crippen MR) is 90.5 cm³/mol. The molecule has 1 saturated heterocycles. The van der Waals surface area contributed by atoms with Crippen LogP contribution >= 0.6 is 11.8 Å². The zero-order valence-electron chi connectivity index (χ0n) is 12.5. The van der Waals surface area contributed by atoms with Gasteiger partial charge in [0, 0.05) is 42.1 Å². The minimum absolute atomic E-state index is 0.550. The lowest BCUT2D eigenvalue weighted by atomic mass is 10.1. The second kappa shape index (κ2) is 5.65. The molecule has 5 heteroatoms. The molecule has 3 aromatic rings. The van der Waals surface area contributed by atoms with Crippen molar-refractivity contribution in [3.8, 4) is 17.1 Å². The SMILES string of the molecule is Cc1ccc(-n2cccn2)c(-c2nccn2C2CCSC2)c1. The van der Waals surface area contributed by atoms with E-state index in [0.29, 0.717) is 6.04 Å². The van der Waals surface area contributed by atoms with E-state index in [1.54, 1.807) is 0 Å². The fraction of sp³-hybridized carbons (Fsp3) is 0.294. The zero-order chi connectivity index (χ0) is 14.9. The third-order valence-electron chi connectivity index (χ3n) is 4.11. The van der Waals surface area contributed by atoms with Crippen LogP contribution in [0.15, 0.2) is 49.1 Å². The summed E-state index contributed by atoms with van der Waals surface area (Å²) in [6, 6.07) is 8.95. The molecule has 1 aliphatic rings. The summed E-state index contributed by atoms with van der Waals surface area (Å²) < 4.78 is 4.25. The summed E-state index contributed by atoms with van der Waals surface area (Å²) in [6.07, 6.45) is 9.03. The minimum Gasteiger partial charge on any atom is -0.327 e. The van der Waals surface area contributed by atoms with E-state index in [0.717, 1.165) is 17.1 Å². The molecule has 0 saturated carbocycles. The van der Waals surface area contributed by atoms with Crippen molar-refractivity contribution < 1.29 is 0 Å². The van der Waals surface area contributed by atoms with Crippen LogP contribution in [0.5, 0.6) is 0 Å². The number of rotatable bonds is 3. The van der Waals surface area contributed by atoms with Crippen molar-refractivity contribution in [3.05, 3.63) is 54.6 Å². The van der Waals surface area contributed by atoms with Gasteiger partial charge in [-0.25, -0.2) is 9.67 Å². The highest BCUT2D eigenvalue weighted by Gasteiger charge is 2.22. The molecule has 0 amide bonds. The molecule has 1 fully saturated rings. The van der Waals surface area contributed by atoms with Gasteiger partial charge < -0.3 is 4.57 Å². The average Bonchev–Trinajstić information content (AvgIpc) is 3.27. The maximum atomic E-state index is 4.66. The molecule has 4 nitrogen and oxygen atoms in total. The number of nitrogens with zero attached hydrogens (tertiary/aromatic N) is 4. The molecular weight excluding hydrogens is 292 g/mol. The Morgan fingerprint density at radius 3 is 2.95 bits per heavy atom. The largest absolute Gasteiger partial charge is 0.327 e. The van der Waals surface area contributed by atoms with Crippen molar-refractivity contribution in [1.82, 2.24) is 19.3 Å². The molecule has 0 radical (unpaired) electrons. The van der Waals surface area contributed by atoms with Gasteiger partial charge in [0.25, 0.3) is 0 Å². The van der Waals surface area contributed by atoms with Crippen LogP contribution in [0.2, 0.25) is 0 Å². The van der Waals surface area contributed by atoms with Gasteiger partial charge in [-0.05, 0) is 37.3 Å². The van der Waals surface area contributed by atoms with Gasteiger partial charge in [-0.15, -0.1) is 0 Å². The monoisotopic (exact) mass is 310 g/mol. The van der Waals surface area contributed by atoms with E-state index in [-0.39, 0.29) is 0 Å². The average molecular weight is 310 g/mol. The smallest absolute Gasteiger partial charge is 0.142 e. The van der Waals surface area contributed by atoms with Crippen molar-refractivity contribution >= 4 is 11.8 Å². The molecule has 1 atom stereocenters. The number of imidazole rings is 1. The summed E-state index contributed by atoms with van der Waals surface area (Å²) >= 11 is 2.02. The van der Waals surface area contributed by atoms with Crippen LogP contribution in [-0.4, -0.2) is 30.8 Å². The molecule has 112 valence electrons. The standard InChI is InChI=1S/C17H18N4S/c1-13-3-4-16(21-8-2-6-19-21)15(11-13)17-18-7-9-20(17)14-5-10-22-12-14/h2-4,6-9,11,14H,5,10,12H2,1H3. The van der Waals surface area contributed by atoms with Crippen LogP contribution < -0.4 is 0 Å². The zero-order valence-corrected chi connectivity index (χ0v) is 13.3. The minimum atomic E-state index is 0.550. The maximum Gasteiger partial charge on any atom is 0.142 e. The number of aryl methyl sites for hydroxylation is 1. The summed E-state index contributed by atoms with van der Waals surface area (Å²) in [5.41, 5.74) is 3.46. The van der Waals surface area contributed by atoms with Crippen LogP contribution in [-0.2, 0) is 0 Å². The summed E-state index contributed by atoms with van der Waals surface area (Å²) in [5.74, 6) is 3.45. The van der Waals surface area contributed by atoms with Gasteiger partial charge in [0.05, 0.1) is 5.69 Å². The van der Waals surface area contributed by atoms with E-state index >= 15 is 0 Å². The van der Waals surface area contributed by atoms with E-state index in [2.05, 4.69) is 46.0 Å². The van der Waals surface area contributed by atoms with Gasteiger partial charge in [0.15, 0.2) is 0 Å². The predicted octanol–water partition coefficient (Wildman–Crippen LogP) is 3.72. The molecule has 0 aliphatic carbocycles. The van der Waals surface area contributed by atoms with E-state index in [1.807, 2.05) is 41.1 Å². The fourth-order valence-electron chi connectivity index (χ4n) is 3.00. The Kier molecular flexibility index (Phi) is 3.50. The van der Waals surface area contributed by atoms with Gasteiger partial charge in [0.2, 0.25) is 0 Å². The number of hydrogen-bond acceptors (Lipinski definition) is 3. The molecule has 1 unspecified atom stereocenters. The van der Waals surface area contributed by atoms with Crippen molar-refractivity contribution in [3.63, 3.8) is 0 Å². The van der Waals surface area contributed by atoms with Gasteiger partial charge >= 0.3 is 0 Å². The first-order valence-corrected chi connectivity index (χ1v) is 8.70. The van der Waals surface area contributed by atoms with E-state index in [9.17, 15) is 0 Å². The van der Waals surface area contributed by atoms with Crippen molar-refractivity contribution in [2.75, 3.05) is 11.5 Å². The Hall–Kier alpha value is -2.01. The highest BCUT2D eigenvalue weighted by molar-refractivity contribution is 7.99. The highest BCUT2D eigenvalue weighted by atomic mass is 32.2. The topological polar surface area (TPSA) is 35.6 Å². The Labute approximate surface area is 134 Å². The van der Waals surface area contributed by atoms with Gasteiger partial charge in [-0.3, -0.25) is 0 Å². The van der Waals surface area contributed by atoms with Crippen LogP contribution in [0.4, 0.5) is 0 Å². The molecule has 0 N–H and O–H groups in total. The first kappa shape index (κ1) is 13.6. The van der Waals surface area contributed by atoms with Gasteiger partial charge in [0.1, 0.15) is 5.82 Å². The lowest BCUT2D eigenvalue weighted by Crippen LogP contribution is -2.10. The van der Waals surface area contributed by atoms with E-state index in [4.69, 9.17) is 0 Å². The molecule has 0 spiro atoms. The summed E-state index contributed by atoms with van der Waals surface area (Å²) in [7, 11) is 0. The Bertz CT molecular complexity index is 770. The molecule has 0 bridgehead atoms.